The lowest BCUT2D eigenvalue weighted by Crippen LogP contribution is -2.38. The maximum atomic E-state index is 11.1. The van der Waals surface area contributed by atoms with Crippen molar-refractivity contribution in [1.82, 2.24) is 4.90 Å². The Morgan fingerprint density at radius 3 is 2.81 bits per heavy atom. The van der Waals surface area contributed by atoms with Gasteiger partial charge in [-0.1, -0.05) is 30.3 Å². The smallest absolute Gasteiger partial charge is 0.407 e. The minimum absolute atomic E-state index is 0.213. The molecular formula is C13H15NO2. The van der Waals surface area contributed by atoms with Crippen LogP contribution in [-0.2, 0) is 6.42 Å². The van der Waals surface area contributed by atoms with E-state index in [4.69, 9.17) is 5.11 Å². The van der Waals surface area contributed by atoms with Crippen molar-refractivity contribution >= 4 is 6.09 Å². The van der Waals surface area contributed by atoms with E-state index in [1.54, 1.807) is 4.90 Å². The van der Waals surface area contributed by atoms with Gasteiger partial charge in [0, 0.05) is 12.6 Å². The fraction of sp³-hybridized carbons (Fsp3) is 0.462. The highest BCUT2D eigenvalue weighted by Crippen LogP contribution is 2.50. The first-order valence-corrected chi connectivity index (χ1v) is 5.79. The van der Waals surface area contributed by atoms with Gasteiger partial charge >= 0.3 is 6.09 Å². The van der Waals surface area contributed by atoms with Gasteiger partial charge in [0.1, 0.15) is 0 Å². The number of hydrogen-bond donors (Lipinski definition) is 1. The molecule has 0 aromatic heterocycles. The zero-order valence-electron chi connectivity index (χ0n) is 9.04. The molecule has 1 amide bonds. The van der Waals surface area contributed by atoms with Gasteiger partial charge in [-0.2, -0.15) is 0 Å². The van der Waals surface area contributed by atoms with E-state index in [0.717, 1.165) is 13.0 Å². The lowest BCUT2D eigenvalue weighted by Gasteiger charge is -2.24. The molecule has 1 aromatic carbocycles. The van der Waals surface area contributed by atoms with Crippen molar-refractivity contribution in [2.75, 3.05) is 6.54 Å². The van der Waals surface area contributed by atoms with Crippen molar-refractivity contribution in [2.45, 2.75) is 18.9 Å². The number of nitrogens with zero attached hydrogens (tertiary/aromatic N) is 1. The summed E-state index contributed by atoms with van der Waals surface area (Å²) in [5, 5.41) is 9.13. The highest BCUT2D eigenvalue weighted by molar-refractivity contribution is 5.66. The lowest BCUT2D eigenvalue weighted by atomic mass is 10.0. The number of rotatable bonds is 2. The molecular weight excluding hydrogens is 202 g/mol. The van der Waals surface area contributed by atoms with Crippen LogP contribution >= 0.6 is 0 Å². The summed E-state index contributed by atoms with van der Waals surface area (Å²) in [7, 11) is 0. The van der Waals surface area contributed by atoms with Crippen LogP contribution in [0.25, 0.3) is 0 Å². The molecule has 2 aliphatic rings. The summed E-state index contributed by atoms with van der Waals surface area (Å²) in [5.74, 6) is 1.26. The van der Waals surface area contributed by atoms with E-state index in [1.165, 1.54) is 12.0 Å². The molecule has 3 rings (SSSR count). The van der Waals surface area contributed by atoms with Crippen LogP contribution in [0.5, 0.6) is 0 Å². The number of carbonyl (C=O) groups is 1. The van der Waals surface area contributed by atoms with Crippen molar-refractivity contribution in [2.24, 2.45) is 11.8 Å². The molecule has 1 aromatic rings. The SMILES string of the molecule is O=C(O)N1C[C@@H]2C[C@@H]2[C@@H]1Cc1ccccc1. The zero-order valence-corrected chi connectivity index (χ0v) is 9.04. The first-order valence-electron chi connectivity index (χ1n) is 5.79. The van der Waals surface area contributed by atoms with Gasteiger partial charge in [0.05, 0.1) is 0 Å². The largest absolute Gasteiger partial charge is 0.465 e. The van der Waals surface area contributed by atoms with E-state index < -0.39 is 6.09 Å². The van der Waals surface area contributed by atoms with Crippen LogP contribution < -0.4 is 0 Å². The van der Waals surface area contributed by atoms with Crippen molar-refractivity contribution in [1.29, 1.82) is 0 Å². The fourth-order valence-corrected chi connectivity index (χ4v) is 2.91. The van der Waals surface area contributed by atoms with Crippen LogP contribution in [0.15, 0.2) is 30.3 Å². The average Bonchev–Trinajstić information content (AvgIpc) is 2.97. The van der Waals surface area contributed by atoms with Crippen LogP contribution in [0, 0.1) is 11.8 Å². The lowest BCUT2D eigenvalue weighted by molar-refractivity contribution is 0.131. The van der Waals surface area contributed by atoms with E-state index >= 15 is 0 Å². The van der Waals surface area contributed by atoms with Gasteiger partial charge in [-0.15, -0.1) is 0 Å². The van der Waals surface area contributed by atoms with Crippen molar-refractivity contribution in [3.63, 3.8) is 0 Å². The minimum Gasteiger partial charge on any atom is -0.465 e. The second kappa shape index (κ2) is 3.51. The fourth-order valence-electron chi connectivity index (χ4n) is 2.91. The number of fused-ring (bicyclic) bond motifs is 1. The number of piperidine rings is 1. The third kappa shape index (κ3) is 1.56. The number of amides is 1. The summed E-state index contributed by atoms with van der Waals surface area (Å²) in [4.78, 5) is 12.7. The maximum Gasteiger partial charge on any atom is 0.407 e. The van der Waals surface area contributed by atoms with E-state index in [9.17, 15) is 4.79 Å². The molecule has 1 saturated heterocycles. The molecule has 0 spiro atoms. The molecule has 1 heterocycles. The molecule has 1 aliphatic carbocycles. The first kappa shape index (κ1) is 9.70. The summed E-state index contributed by atoms with van der Waals surface area (Å²) in [6.45, 7) is 0.748. The standard InChI is InChI=1S/C13H15NO2/c15-13(16)14-8-10-7-11(10)12(14)6-9-4-2-1-3-5-9/h1-5,10-12H,6-8H2,(H,15,16)/t10-,11-,12-/m0/s1. The number of hydrogen-bond acceptors (Lipinski definition) is 1. The van der Waals surface area contributed by atoms with Crippen LogP contribution in [0.3, 0.4) is 0 Å². The van der Waals surface area contributed by atoms with Crippen LogP contribution in [0.1, 0.15) is 12.0 Å². The Morgan fingerprint density at radius 2 is 2.12 bits per heavy atom. The molecule has 0 radical (unpaired) electrons. The van der Waals surface area contributed by atoms with Crippen molar-refractivity contribution in [3.8, 4) is 0 Å². The second-order valence-electron chi connectivity index (χ2n) is 4.85. The van der Waals surface area contributed by atoms with Crippen LogP contribution in [-0.4, -0.2) is 28.7 Å². The minimum atomic E-state index is -0.756. The molecule has 3 heteroatoms. The average molecular weight is 217 g/mol. The summed E-state index contributed by atoms with van der Waals surface area (Å²) in [6.07, 6.45) is 1.34. The monoisotopic (exact) mass is 217 g/mol. The molecule has 3 atom stereocenters. The summed E-state index contributed by atoms with van der Waals surface area (Å²) >= 11 is 0. The molecule has 16 heavy (non-hydrogen) atoms. The van der Waals surface area contributed by atoms with E-state index in [0.29, 0.717) is 11.8 Å². The van der Waals surface area contributed by atoms with Gasteiger partial charge < -0.3 is 10.0 Å². The molecule has 0 bridgehead atoms. The topological polar surface area (TPSA) is 40.5 Å². The Morgan fingerprint density at radius 1 is 1.38 bits per heavy atom. The zero-order chi connectivity index (χ0) is 11.1. The van der Waals surface area contributed by atoms with E-state index in [-0.39, 0.29) is 6.04 Å². The molecule has 1 saturated carbocycles. The molecule has 3 nitrogen and oxygen atoms in total. The van der Waals surface area contributed by atoms with Crippen LogP contribution in [0.2, 0.25) is 0 Å². The highest BCUT2D eigenvalue weighted by Gasteiger charge is 2.53. The van der Waals surface area contributed by atoms with Gasteiger partial charge in [-0.05, 0) is 30.2 Å². The predicted octanol–water partition coefficient (Wildman–Crippen LogP) is 2.23. The van der Waals surface area contributed by atoms with Gasteiger partial charge in [0.25, 0.3) is 0 Å². The Bertz CT molecular complexity index is 404. The third-order valence-electron chi connectivity index (χ3n) is 3.84. The maximum absolute atomic E-state index is 11.1. The molecule has 84 valence electrons. The van der Waals surface area contributed by atoms with Crippen LogP contribution in [0.4, 0.5) is 4.79 Å². The predicted molar refractivity (Wildman–Crippen MR) is 60.3 cm³/mol. The Kier molecular flexibility index (Phi) is 2.13. The summed E-state index contributed by atoms with van der Waals surface area (Å²) in [5.41, 5.74) is 1.24. The summed E-state index contributed by atoms with van der Waals surface area (Å²) < 4.78 is 0. The second-order valence-corrected chi connectivity index (χ2v) is 4.85. The number of likely N-dealkylation sites (tertiary alicyclic amines) is 1. The van der Waals surface area contributed by atoms with Gasteiger partial charge in [0.15, 0.2) is 0 Å². The number of benzene rings is 1. The quantitative estimate of drug-likeness (QED) is 0.825. The normalized spacial score (nSPS) is 31.2. The third-order valence-corrected chi connectivity index (χ3v) is 3.84. The van der Waals surface area contributed by atoms with Gasteiger partial charge in [-0.3, -0.25) is 0 Å². The summed E-state index contributed by atoms with van der Waals surface area (Å²) in [6, 6.07) is 10.4. The number of carboxylic acid groups (broad SMARTS) is 1. The van der Waals surface area contributed by atoms with Crippen molar-refractivity contribution in [3.05, 3.63) is 35.9 Å². The molecule has 0 unspecified atom stereocenters. The molecule has 1 aliphatic heterocycles. The van der Waals surface area contributed by atoms with Gasteiger partial charge in [0.2, 0.25) is 0 Å². The Labute approximate surface area is 94.7 Å². The Hall–Kier alpha value is -1.51. The van der Waals surface area contributed by atoms with E-state index in [2.05, 4.69) is 12.1 Å². The van der Waals surface area contributed by atoms with Crippen molar-refractivity contribution < 1.29 is 9.90 Å². The highest BCUT2D eigenvalue weighted by atomic mass is 16.4. The van der Waals surface area contributed by atoms with E-state index in [1.807, 2.05) is 18.2 Å². The first-order chi connectivity index (χ1) is 7.75. The molecule has 1 N–H and O–H groups in total. The van der Waals surface area contributed by atoms with Gasteiger partial charge in [-0.25, -0.2) is 4.79 Å². The molecule has 2 fully saturated rings. The Balaban J connectivity index is 1.76.